The molecule has 1 N–H and O–H groups in total. The lowest BCUT2D eigenvalue weighted by Gasteiger charge is -2.03. The summed E-state index contributed by atoms with van der Waals surface area (Å²) >= 11 is 1.36. The van der Waals surface area contributed by atoms with Gasteiger partial charge in [0.05, 0.1) is 12.7 Å². The van der Waals surface area contributed by atoms with E-state index in [2.05, 4.69) is 15.3 Å². The number of phenolic OH excluding ortho intramolecular Hbond substituents is 1. The van der Waals surface area contributed by atoms with Gasteiger partial charge in [0, 0.05) is 6.07 Å². The van der Waals surface area contributed by atoms with Crippen LogP contribution in [0, 0.1) is 0 Å². The summed E-state index contributed by atoms with van der Waals surface area (Å²) in [7, 11) is 1.55. The molecule has 2 heterocycles. The van der Waals surface area contributed by atoms with Gasteiger partial charge in [-0.1, -0.05) is 11.3 Å². The van der Waals surface area contributed by atoms with Crippen LogP contribution in [0.25, 0.3) is 15.5 Å². The van der Waals surface area contributed by atoms with Crippen LogP contribution in [0.3, 0.4) is 0 Å². The minimum Gasteiger partial charge on any atom is -0.507 e. The van der Waals surface area contributed by atoms with Crippen molar-refractivity contribution in [2.24, 2.45) is 0 Å². The smallest absolute Gasteiger partial charge is 0.234 e. The van der Waals surface area contributed by atoms with Gasteiger partial charge in [-0.2, -0.15) is 9.61 Å². The van der Waals surface area contributed by atoms with Crippen molar-refractivity contribution in [3.63, 3.8) is 0 Å². The number of rotatable bonds is 2. The Morgan fingerprint density at radius 2 is 2.29 bits per heavy atom. The lowest BCUT2D eigenvalue weighted by molar-refractivity contribution is 0.408. The monoisotopic (exact) mass is 248 g/mol. The molecule has 7 heteroatoms. The molecule has 6 nitrogen and oxygen atoms in total. The SMILES string of the molecule is COc1ccc(-c2nn3cnnc3s2)c(O)c1. The molecule has 0 aliphatic rings. The second-order valence-corrected chi connectivity index (χ2v) is 4.30. The van der Waals surface area contributed by atoms with E-state index in [9.17, 15) is 5.11 Å². The van der Waals surface area contributed by atoms with E-state index in [1.807, 2.05) is 0 Å². The van der Waals surface area contributed by atoms with Crippen molar-refractivity contribution in [3.05, 3.63) is 24.5 Å². The summed E-state index contributed by atoms with van der Waals surface area (Å²) < 4.78 is 6.60. The Kier molecular flexibility index (Phi) is 2.19. The predicted octanol–water partition coefficient (Wildman–Crippen LogP) is 1.57. The van der Waals surface area contributed by atoms with Gasteiger partial charge in [0.25, 0.3) is 0 Å². The number of methoxy groups -OCH3 is 1. The van der Waals surface area contributed by atoms with Crippen molar-refractivity contribution in [2.75, 3.05) is 7.11 Å². The zero-order valence-corrected chi connectivity index (χ0v) is 9.68. The number of ether oxygens (including phenoxy) is 1. The summed E-state index contributed by atoms with van der Waals surface area (Å²) in [5.41, 5.74) is 0.654. The van der Waals surface area contributed by atoms with Crippen molar-refractivity contribution < 1.29 is 9.84 Å². The highest BCUT2D eigenvalue weighted by Gasteiger charge is 2.12. The van der Waals surface area contributed by atoms with Crippen LogP contribution in [0.4, 0.5) is 0 Å². The topological polar surface area (TPSA) is 72.5 Å². The number of hydrogen-bond acceptors (Lipinski definition) is 6. The average Bonchev–Trinajstić information content (AvgIpc) is 2.89. The van der Waals surface area contributed by atoms with E-state index in [1.54, 1.807) is 29.8 Å². The highest BCUT2D eigenvalue weighted by Crippen LogP contribution is 2.34. The number of phenols is 1. The Bertz CT molecular complexity index is 647. The Morgan fingerprint density at radius 1 is 1.41 bits per heavy atom. The molecule has 0 unspecified atom stereocenters. The lowest BCUT2D eigenvalue weighted by Crippen LogP contribution is -1.85. The maximum atomic E-state index is 9.88. The number of fused-ring (bicyclic) bond motifs is 1. The molecule has 0 fully saturated rings. The quantitative estimate of drug-likeness (QED) is 0.745. The van der Waals surface area contributed by atoms with Gasteiger partial charge in [-0.15, -0.1) is 10.2 Å². The third kappa shape index (κ3) is 1.60. The van der Waals surface area contributed by atoms with Gasteiger partial charge >= 0.3 is 0 Å². The van der Waals surface area contributed by atoms with Crippen LogP contribution < -0.4 is 4.74 Å². The van der Waals surface area contributed by atoms with Gasteiger partial charge < -0.3 is 9.84 Å². The normalized spacial score (nSPS) is 10.9. The molecule has 0 saturated carbocycles. The largest absolute Gasteiger partial charge is 0.507 e. The van der Waals surface area contributed by atoms with E-state index in [-0.39, 0.29) is 5.75 Å². The van der Waals surface area contributed by atoms with Crippen LogP contribution in [0.2, 0.25) is 0 Å². The van der Waals surface area contributed by atoms with Gasteiger partial charge in [0.2, 0.25) is 4.96 Å². The third-order valence-electron chi connectivity index (χ3n) is 2.32. The zero-order valence-electron chi connectivity index (χ0n) is 8.86. The lowest BCUT2D eigenvalue weighted by atomic mass is 10.2. The minimum absolute atomic E-state index is 0.134. The Labute approximate surface area is 100 Å². The van der Waals surface area contributed by atoms with E-state index in [0.29, 0.717) is 21.3 Å². The first-order valence-corrected chi connectivity index (χ1v) is 5.64. The highest BCUT2D eigenvalue weighted by molar-refractivity contribution is 7.19. The molecule has 0 spiro atoms. The summed E-state index contributed by atoms with van der Waals surface area (Å²) in [5, 5.41) is 22.5. The number of hydrogen-bond donors (Lipinski definition) is 1. The molecule has 0 amide bonds. The van der Waals surface area contributed by atoms with Crippen LogP contribution in [-0.4, -0.2) is 32.0 Å². The Morgan fingerprint density at radius 3 is 3.00 bits per heavy atom. The van der Waals surface area contributed by atoms with Crippen molar-refractivity contribution >= 4 is 16.3 Å². The molecule has 0 aliphatic carbocycles. The van der Waals surface area contributed by atoms with Gasteiger partial charge in [-0.25, -0.2) is 0 Å². The summed E-state index contributed by atoms with van der Waals surface area (Å²) in [6.45, 7) is 0. The molecule has 17 heavy (non-hydrogen) atoms. The Hall–Kier alpha value is -2.15. The number of aromatic nitrogens is 4. The first kappa shape index (κ1) is 10.0. The van der Waals surface area contributed by atoms with Gasteiger partial charge in [-0.3, -0.25) is 0 Å². The molecule has 86 valence electrons. The summed E-state index contributed by atoms with van der Waals surface area (Å²) in [5.74, 6) is 0.739. The molecule has 0 aliphatic heterocycles. The van der Waals surface area contributed by atoms with Crippen LogP contribution in [-0.2, 0) is 0 Å². The van der Waals surface area contributed by atoms with Crippen LogP contribution >= 0.6 is 11.3 Å². The maximum Gasteiger partial charge on any atom is 0.234 e. The highest BCUT2D eigenvalue weighted by atomic mass is 32.1. The Balaban J connectivity index is 2.12. The van der Waals surface area contributed by atoms with Crippen molar-refractivity contribution in [2.45, 2.75) is 0 Å². The fourth-order valence-electron chi connectivity index (χ4n) is 1.49. The van der Waals surface area contributed by atoms with Crippen LogP contribution in [0.5, 0.6) is 11.5 Å². The molecule has 2 aromatic heterocycles. The van der Waals surface area contributed by atoms with E-state index < -0.39 is 0 Å². The van der Waals surface area contributed by atoms with E-state index in [0.717, 1.165) is 0 Å². The maximum absolute atomic E-state index is 9.88. The van der Waals surface area contributed by atoms with E-state index >= 15 is 0 Å². The fraction of sp³-hybridized carbons (Fsp3) is 0.100. The molecular formula is C10H8N4O2S. The standard InChI is InChI=1S/C10H8N4O2S/c1-16-6-2-3-7(8(15)4-6)9-13-14-5-11-12-10(14)17-9/h2-5,15H,1H3. The second kappa shape index (κ2) is 3.70. The molecule has 0 radical (unpaired) electrons. The summed E-state index contributed by atoms with van der Waals surface area (Å²) in [6, 6.07) is 5.09. The molecule has 0 atom stereocenters. The number of nitrogens with zero attached hydrogens (tertiary/aromatic N) is 4. The van der Waals surface area contributed by atoms with E-state index in [1.165, 1.54) is 17.7 Å². The number of aromatic hydroxyl groups is 1. The summed E-state index contributed by atoms with van der Waals surface area (Å²) in [6.07, 6.45) is 1.52. The zero-order chi connectivity index (χ0) is 11.8. The third-order valence-corrected chi connectivity index (χ3v) is 3.27. The van der Waals surface area contributed by atoms with Crippen molar-refractivity contribution in [1.82, 2.24) is 19.8 Å². The first-order valence-electron chi connectivity index (χ1n) is 4.82. The first-order chi connectivity index (χ1) is 8.28. The average molecular weight is 248 g/mol. The molecule has 0 bridgehead atoms. The second-order valence-electron chi connectivity index (χ2n) is 3.35. The van der Waals surface area contributed by atoms with Gasteiger partial charge in [0.1, 0.15) is 17.8 Å². The fourth-order valence-corrected chi connectivity index (χ4v) is 2.34. The minimum atomic E-state index is 0.134. The molecule has 0 saturated heterocycles. The number of benzene rings is 1. The van der Waals surface area contributed by atoms with E-state index in [4.69, 9.17) is 4.74 Å². The van der Waals surface area contributed by atoms with Gasteiger partial charge in [0.15, 0.2) is 5.01 Å². The van der Waals surface area contributed by atoms with Gasteiger partial charge in [-0.05, 0) is 12.1 Å². The van der Waals surface area contributed by atoms with Crippen LogP contribution in [0.15, 0.2) is 24.5 Å². The predicted molar refractivity (Wildman–Crippen MR) is 62.3 cm³/mol. The van der Waals surface area contributed by atoms with Crippen LogP contribution in [0.1, 0.15) is 0 Å². The van der Waals surface area contributed by atoms with Crippen molar-refractivity contribution in [1.29, 1.82) is 0 Å². The summed E-state index contributed by atoms with van der Waals surface area (Å²) in [4.78, 5) is 0.690. The van der Waals surface area contributed by atoms with Crippen molar-refractivity contribution in [3.8, 4) is 22.1 Å². The molecule has 3 aromatic rings. The molecular weight excluding hydrogens is 240 g/mol. The molecule has 1 aromatic carbocycles. The molecule has 3 rings (SSSR count).